The molecule has 0 fully saturated rings. The second kappa shape index (κ2) is 23.8. The maximum absolute atomic E-state index is 10.4. The van der Waals surface area contributed by atoms with E-state index in [1.54, 1.807) is 35.6 Å². The zero-order valence-corrected chi connectivity index (χ0v) is 22.3. The van der Waals surface area contributed by atoms with Crippen LogP contribution in [0.25, 0.3) is 0 Å². The quantitative estimate of drug-likeness (QED) is 0.149. The van der Waals surface area contributed by atoms with Crippen molar-refractivity contribution in [2.75, 3.05) is 0 Å². The Morgan fingerprint density at radius 2 is 0.862 bits per heavy atom. The molecular formula is C24H44O4Sn. The van der Waals surface area contributed by atoms with E-state index in [-0.39, 0.29) is 45.1 Å². The van der Waals surface area contributed by atoms with Crippen LogP contribution in [0.3, 0.4) is 0 Å². The molecule has 0 aliphatic heterocycles. The number of aliphatic carboxylic acids is 2. The van der Waals surface area contributed by atoms with E-state index < -0.39 is 11.9 Å². The molecule has 0 bridgehead atoms. The Balaban J connectivity index is 0. The molecule has 0 aliphatic carbocycles. The molecule has 0 aromatic rings. The first-order chi connectivity index (χ1) is 14.0. The molecular weight excluding hydrogens is 471 g/mol. The molecule has 0 aromatic carbocycles. The number of unbranched alkanes of at least 4 members (excludes halogenated alkanes) is 10. The van der Waals surface area contributed by atoms with Gasteiger partial charge in [0, 0.05) is 0 Å². The molecule has 0 unspecified atom stereocenters. The van der Waals surface area contributed by atoms with Gasteiger partial charge in [0.05, 0.1) is 11.9 Å². The summed E-state index contributed by atoms with van der Waals surface area (Å²) >= 11 is 0.0736. The third-order valence-corrected chi connectivity index (χ3v) is 9.01. The summed E-state index contributed by atoms with van der Waals surface area (Å²) in [5.41, 5.74) is -0.366. The average molecular weight is 515 g/mol. The monoisotopic (exact) mass is 516 g/mol. The normalized spacial score (nSPS) is 11.2. The standard InChI is InChI=1S/C8H12O4.2C8H17.Sn/c1-3-5(7(9)10)6(4-2)8(11)12;2*1-3-5-7-8-6-4-2;/h3-4H2,1-2H3,(H,9,10)(H,11,12);2*1,3-8H2,2H3;/q;;;+2/p-2. The van der Waals surface area contributed by atoms with Crippen molar-refractivity contribution in [1.82, 2.24) is 0 Å². The van der Waals surface area contributed by atoms with Crippen molar-refractivity contribution in [2.24, 2.45) is 0 Å². The second-order valence-corrected chi connectivity index (χ2v) is 11.8. The summed E-state index contributed by atoms with van der Waals surface area (Å²) in [7, 11) is 0. The Hall–Kier alpha value is -0.521. The van der Waals surface area contributed by atoms with Crippen LogP contribution in [0.2, 0.25) is 8.87 Å². The number of carboxylic acids is 2. The van der Waals surface area contributed by atoms with Crippen LogP contribution >= 0.6 is 0 Å². The van der Waals surface area contributed by atoms with Crippen molar-refractivity contribution in [3.8, 4) is 0 Å². The van der Waals surface area contributed by atoms with Gasteiger partial charge in [-0.3, -0.25) is 0 Å². The fraction of sp³-hybridized carbons (Fsp3) is 0.833. The van der Waals surface area contributed by atoms with Gasteiger partial charge in [0.1, 0.15) is 0 Å². The molecule has 0 N–H and O–H groups in total. The summed E-state index contributed by atoms with van der Waals surface area (Å²) in [5.74, 6) is -2.86. The van der Waals surface area contributed by atoms with Crippen LogP contribution in [0.15, 0.2) is 11.1 Å². The van der Waals surface area contributed by atoms with Gasteiger partial charge in [-0.15, -0.1) is 0 Å². The van der Waals surface area contributed by atoms with Crippen molar-refractivity contribution in [3.05, 3.63) is 11.1 Å². The number of carbonyl (C=O) groups is 2. The van der Waals surface area contributed by atoms with Crippen LogP contribution in [0, 0.1) is 0 Å². The summed E-state index contributed by atoms with van der Waals surface area (Å²) in [6.07, 6.45) is 18.1. The summed E-state index contributed by atoms with van der Waals surface area (Å²) < 4.78 is 3.31. The molecule has 0 spiro atoms. The first kappa shape index (κ1) is 30.7. The van der Waals surface area contributed by atoms with E-state index in [1.165, 1.54) is 64.2 Å². The van der Waals surface area contributed by atoms with E-state index in [1.807, 2.05) is 0 Å². The molecule has 4 nitrogen and oxygen atoms in total. The van der Waals surface area contributed by atoms with Crippen LogP contribution in [0.1, 0.15) is 118 Å². The molecule has 0 saturated carbocycles. The molecule has 0 radical (unpaired) electrons. The Morgan fingerprint density at radius 3 is 1.14 bits per heavy atom. The van der Waals surface area contributed by atoms with E-state index in [0.717, 1.165) is 0 Å². The van der Waals surface area contributed by atoms with Crippen LogP contribution < -0.4 is 10.2 Å². The molecule has 168 valence electrons. The van der Waals surface area contributed by atoms with Gasteiger partial charge in [0.15, 0.2) is 0 Å². The minimum absolute atomic E-state index is 0.0736. The van der Waals surface area contributed by atoms with E-state index in [9.17, 15) is 19.8 Å². The number of carbonyl (C=O) groups excluding carboxylic acids is 2. The van der Waals surface area contributed by atoms with E-state index >= 15 is 0 Å². The number of rotatable bonds is 18. The predicted octanol–water partition coefficient (Wildman–Crippen LogP) is 4.85. The van der Waals surface area contributed by atoms with E-state index in [0.29, 0.717) is 0 Å². The van der Waals surface area contributed by atoms with Gasteiger partial charge < -0.3 is 19.8 Å². The van der Waals surface area contributed by atoms with Crippen LogP contribution in [0.5, 0.6) is 0 Å². The molecule has 29 heavy (non-hydrogen) atoms. The minimum atomic E-state index is -1.43. The SMILES string of the molecule is CCC(C(=O)[O-])=C(CC)C(=O)[O-].CCCCCCC[CH2][Sn+2][CH2]CCCCCCC. The zero-order valence-electron chi connectivity index (χ0n) is 19.4. The summed E-state index contributed by atoms with van der Waals surface area (Å²) in [6.45, 7) is 7.72. The van der Waals surface area contributed by atoms with Gasteiger partial charge >= 0.3 is 121 Å². The van der Waals surface area contributed by atoms with E-state index in [4.69, 9.17) is 0 Å². The van der Waals surface area contributed by atoms with Crippen LogP contribution in [-0.2, 0) is 9.59 Å². The van der Waals surface area contributed by atoms with Crippen molar-refractivity contribution >= 4 is 33.1 Å². The molecule has 0 aliphatic rings. The Morgan fingerprint density at radius 1 is 0.552 bits per heavy atom. The predicted molar refractivity (Wildman–Crippen MR) is 120 cm³/mol. The molecule has 0 amide bonds. The van der Waals surface area contributed by atoms with Crippen molar-refractivity contribution in [3.63, 3.8) is 0 Å². The summed E-state index contributed by atoms with van der Waals surface area (Å²) in [5, 5.41) is 20.8. The van der Waals surface area contributed by atoms with Gasteiger partial charge in [0.2, 0.25) is 0 Å². The van der Waals surface area contributed by atoms with Gasteiger partial charge in [0.25, 0.3) is 0 Å². The summed E-state index contributed by atoms with van der Waals surface area (Å²) in [6, 6.07) is 0. The Labute approximate surface area is 190 Å². The molecule has 5 heteroatoms. The fourth-order valence-electron chi connectivity index (χ4n) is 3.15. The first-order valence-electron chi connectivity index (χ1n) is 11.8. The van der Waals surface area contributed by atoms with Gasteiger partial charge in [-0.2, -0.15) is 0 Å². The number of hydrogen-bond acceptors (Lipinski definition) is 4. The molecule has 0 saturated heterocycles. The van der Waals surface area contributed by atoms with Crippen LogP contribution in [-0.4, -0.2) is 33.1 Å². The topological polar surface area (TPSA) is 80.3 Å². The number of carboxylic acid groups (broad SMARTS) is 2. The second-order valence-electron chi connectivity index (χ2n) is 7.52. The van der Waals surface area contributed by atoms with Crippen molar-refractivity contribution < 1.29 is 19.8 Å². The first-order valence-corrected chi connectivity index (χ1v) is 15.8. The zero-order chi connectivity index (χ0) is 22.3. The van der Waals surface area contributed by atoms with Crippen LogP contribution in [0.4, 0.5) is 0 Å². The molecule has 0 atom stereocenters. The van der Waals surface area contributed by atoms with Gasteiger partial charge in [-0.1, -0.05) is 13.8 Å². The van der Waals surface area contributed by atoms with Crippen molar-refractivity contribution in [2.45, 2.75) is 126 Å². The van der Waals surface area contributed by atoms with E-state index in [2.05, 4.69) is 13.8 Å². The molecule has 0 rings (SSSR count). The fourth-order valence-corrected chi connectivity index (χ4v) is 6.72. The Bertz CT molecular complexity index is 395. The maximum atomic E-state index is 10.4. The summed E-state index contributed by atoms with van der Waals surface area (Å²) in [4.78, 5) is 20.8. The van der Waals surface area contributed by atoms with Gasteiger partial charge in [-0.25, -0.2) is 0 Å². The average Bonchev–Trinajstić information content (AvgIpc) is 2.69. The third-order valence-electron chi connectivity index (χ3n) is 4.98. The molecule has 0 heterocycles. The molecule has 0 aromatic heterocycles. The van der Waals surface area contributed by atoms with Crippen molar-refractivity contribution in [1.29, 1.82) is 0 Å². The van der Waals surface area contributed by atoms with Gasteiger partial charge in [-0.05, 0) is 24.0 Å². The Kier molecular flexibility index (Phi) is 25.1. The number of hydrogen-bond donors (Lipinski definition) is 0. The third kappa shape index (κ3) is 20.5.